The van der Waals surface area contributed by atoms with Crippen molar-refractivity contribution in [3.63, 3.8) is 0 Å². The molecule has 7 rings (SSSR count). The van der Waals surface area contributed by atoms with Gasteiger partial charge in [-0.05, 0) is 137 Å². The SMILES string of the molecule is CCC(O)COC(=O)c1ccc(C(=O)OCC(O)COc2ccc3cc(C(=O)OC)ccc3c2)cc1.CCC(O)COc1ccc2c(OCC(O)COc3ccc4cc(C(=O)OC)ccc4c3)cccc2c1. The van der Waals surface area contributed by atoms with Crippen LogP contribution in [0, 0.1) is 0 Å². The predicted octanol–water partition coefficient (Wildman–Crippen LogP) is 7.90. The van der Waals surface area contributed by atoms with Crippen molar-refractivity contribution in [2.24, 2.45) is 0 Å². The number of aliphatic hydroxyl groups excluding tert-OH is 4. The number of methoxy groups -OCH3 is 2. The zero-order chi connectivity index (χ0) is 51.6. The minimum atomic E-state index is -1.06. The first-order valence-corrected chi connectivity index (χ1v) is 23.2. The van der Waals surface area contributed by atoms with Crippen molar-refractivity contribution in [1.29, 1.82) is 0 Å². The molecular weight excluding hydrogens is 929 g/mol. The zero-order valence-electron chi connectivity index (χ0n) is 40.4. The van der Waals surface area contributed by atoms with Crippen LogP contribution in [-0.2, 0) is 18.9 Å². The van der Waals surface area contributed by atoms with Gasteiger partial charge in [0.1, 0.15) is 74.8 Å². The van der Waals surface area contributed by atoms with Crippen molar-refractivity contribution in [3.05, 3.63) is 156 Å². The molecular formula is C56H58O16. The highest BCUT2D eigenvalue weighted by Gasteiger charge is 2.16. The van der Waals surface area contributed by atoms with E-state index in [-0.39, 0.29) is 56.7 Å². The highest BCUT2D eigenvalue weighted by molar-refractivity contribution is 5.97. The Morgan fingerprint density at radius 2 is 0.764 bits per heavy atom. The Morgan fingerprint density at radius 1 is 0.389 bits per heavy atom. The van der Waals surface area contributed by atoms with Crippen LogP contribution < -0.4 is 18.9 Å². The summed E-state index contributed by atoms with van der Waals surface area (Å²) in [6.07, 6.45) is -2.01. The van der Waals surface area contributed by atoms with Gasteiger partial charge in [-0.3, -0.25) is 0 Å². The summed E-state index contributed by atoms with van der Waals surface area (Å²) < 4.78 is 42.5. The fourth-order valence-corrected chi connectivity index (χ4v) is 6.91. The van der Waals surface area contributed by atoms with Crippen LogP contribution in [0.3, 0.4) is 0 Å². The van der Waals surface area contributed by atoms with Crippen molar-refractivity contribution in [1.82, 2.24) is 0 Å². The molecule has 0 radical (unpaired) electrons. The summed E-state index contributed by atoms with van der Waals surface area (Å²) in [4.78, 5) is 47.6. The average molecular weight is 987 g/mol. The summed E-state index contributed by atoms with van der Waals surface area (Å²) >= 11 is 0. The van der Waals surface area contributed by atoms with Crippen LogP contribution in [0.4, 0.5) is 0 Å². The van der Waals surface area contributed by atoms with Gasteiger partial charge in [0.25, 0.3) is 0 Å². The molecule has 4 atom stereocenters. The Balaban J connectivity index is 0.000000235. The second-order valence-electron chi connectivity index (χ2n) is 16.5. The maximum atomic E-state index is 12.2. The van der Waals surface area contributed by atoms with Gasteiger partial charge < -0.3 is 58.3 Å². The van der Waals surface area contributed by atoms with Crippen molar-refractivity contribution in [2.45, 2.75) is 51.1 Å². The largest absolute Gasteiger partial charge is 0.491 e. The summed E-state index contributed by atoms with van der Waals surface area (Å²) in [5, 5.41) is 45.1. The molecule has 0 aliphatic carbocycles. The van der Waals surface area contributed by atoms with Gasteiger partial charge in [-0.15, -0.1) is 0 Å². The van der Waals surface area contributed by atoms with Crippen LogP contribution in [0.5, 0.6) is 23.0 Å². The summed E-state index contributed by atoms with van der Waals surface area (Å²) in [6.45, 7) is 3.56. The number of aliphatic hydroxyl groups is 4. The topological polar surface area (TPSA) is 223 Å². The van der Waals surface area contributed by atoms with Crippen LogP contribution in [0.1, 0.15) is 68.1 Å². The molecule has 378 valence electrons. The highest BCUT2D eigenvalue weighted by atomic mass is 16.6. The van der Waals surface area contributed by atoms with E-state index < -0.39 is 42.3 Å². The van der Waals surface area contributed by atoms with E-state index in [1.54, 1.807) is 61.5 Å². The molecule has 7 aromatic carbocycles. The Morgan fingerprint density at radius 3 is 1.25 bits per heavy atom. The third-order valence-corrected chi connectivity index (χ3v) is 11.1. The molecule has 0 aliphatic heterocycles. The number of rotatable bonds is 22. The number of carbonyl (C=O) groups excluding carboxylic acids is 4. The molecule has 0 aromatic heterocycles. The molecule has 7 aromatic rings. The Bertz CT molecular complexity index is 2930. The lowest BCUT2D eigenvalue weighted by molar-refractivity contribution is 0.0130. The first-order valence-electron chi connectivity index (χ1n) is 23.2. The van der Waals surface area contributed by atoms with Gasteiger partial charge in [-0.1, -0.05) is 50.2 Å². The molecule has 0 saturated carbocycles. The second-order valence-corrected chi connectivity index (χ2v) is 16.5. The van der Waals surface area contributed by atoms with Gasteiger partial charge >= 0.3 is 23.9 Å². The third-order valence-electron chi connectivity index (χ3n) is 11.1. The zero-order valence-corrected chi connectivity index (χ0v) is 40.4. The molecule has 72 heavy (non-hydrogen) atoms. The standard InChI is InChI=1S/C29H30O7.C27H28O9/c1-3-23(30)16-34-26-11-12-27-21(15-26)5-4-6-28(27)36-18-24(31)17-35-25-10-9-19-13-22(29(32)33-2)8-7-20(19)14-25;1-3-22(28)14-35-26(31)17-4-6-18(7-5-17)27(32)36-16-23(29)15-34-24-11-10-19-12-21(25(30)33-2)9-8-20(19)13-24/h4-15,23-24,30-31H,3,16-18H2,1-2H3;4-13,22-23,28-29H,3,14-16H2,1-2H3. The number of benzene rings is 7. The fraction of sp³-hybridized carbons (Fsp3) is 0.286. The summed E-state index contributed by atoms with van der Waals surface area (Å²) in [6, 6.07) is 38.2. The lowest BCUT2D eigenvalue weighted by Crippen LogP contribution is -2.25. The van der Waals surface area contributed by atoms with E-state index in [4.69, 9.17) is 37.9 Å². The fourth-order valence-electron chi connectivity index (χ4n) is 6.91. The maximum absolute atomic E-state index is 12.2. The molecule has 4 N–H and O–H groups in total. The van der Waals surface area contributed by atoms with Crippen LogP contribution in [0.15, 0.2) is 133 Å². The number of hydrogen-bond donors (Lipinski definition) is 4. The van der Waals surface area contributed by atoms with Crippen molar-refractivity contribution < 1.29 is 77.5 Å². The van der Waals surface area contributed by atoms with E-state index in [9.17, 15) is 39.6 Å². The van der Waals surface area contributed by atoms with Crippen LogP contribution >= 0.6 is 0 Å². The number of esters is 4. The van der Waals surface area contributed by atoms with E-state index in [2.05, 4.69) is 0 Å². The Hall–Kier alpha value is -7.76. The molecule has 16 heteroatoms. The Kier molecular flexibility index (Phi) is 19.7. The minimum absolute atomic E-state index is 0.0638. The average Bonchev–Trinajstić information content (AvgIpc) is 3.42. The quantitative estimate of drug-likeness (QED) is 0.0374. The smallest absolute Gasteiger partial charge is 0.338 e. The van der Waals surface area contributed by atoms with E-state index >= 15 is 0 Å². The number of carbonyl (C=O) groups is 4. The van der Waals surface area contributed by atoms with E-state index in [1.807, 2.05) is 61.5 Å². The molecule has 0 saturated heterocycles. The van der Waals surface area contributed by atoms with E-state index in [0.717, 1.165) is 32.3 Å². The highest BCUT2D eigenvalue weighted by Crippen LogP contribution is 2.30. The van der Waals surface area contributed by atoms with E-state index in [1.165, 1.54) is 38.5 Å². The molecule has 0 bridgehead atoms. The van der Waals surface area contributed by atoms with Crippen molar-refractivity contribution in [2.75, 3.05) is 53.9 Å². The summed E-state index contributed by atoms with van der Waals surface area (Å²) in [5.41, 5.74) is 1.37. The predicted molar refractivity (Wildman–Crippen MR) is 268 cm³/mol. The van der Waals surface area contributed by atoms with Crippen LogP contribution in [0.25, 0.3) is 32.3 Å². The molecule has 0 fully saturated rings. The van der Waals surface area contributed by atoms with Gasteiger partial charge in [-0.25, -0.2) is 19.2 Å². The minimum Gasteiger partial charge on any atom is -0.491 e. The number of fused-ring (bicyclic) bond motifs is 3. The summed E-state index contributed by atoms with van der Waals surface area (Å²) in [5.74, 6) is 0.376. The van der Waals surface area contributed by atoms with Gasteiger partial charge in [0.15, 0.2) is 0 Å². The van der Waals surface area contributed by atoms with Gasteiger partial charge in [0, 0.05) is 5.39 Å². The first kappa shape index (κ1) is 53.6. The van der Waals surface area contributed by atoms with E-state index in [0.29, 0.717) is 47.0 Å². The Labute approximate surface area is 416 Å². The molecule has 0 heterocycles. The van der Waals surface area contributed by atoms with Crippen LogP contribution in [-0.4, -0.2) is 123 Å². The third kappa shape index (κ3) is 15.4. The molecule has 0 aliphatic rings. The van der Waals surface area contributed by atoms with Gasteiger partial charge in [-0.2, -0.15) is 0 Å². The van der Waals surface area contributed by atoms with Crippen LogP contribution in [0.2, 0.25) is 0 Å². The first-order chi connectivity index (χ1) is 34.8. The summed E-state index contributed by atoms with van der Waals surface area (Å²) in [7, 11) is 2.68. The van der Waals surface area contributed by atoms with Gasteiger partial charge in [0.2, 0.25) is 0 Å². The van der Waals surface area contributed by atoms with Crippen molar-refractivity contribution in [3.8, 4) is 23.0 Å². The molecule has 0 amide bonds. The molecule has 4 unspecified atom stereocenters. The molecule has 16 nitrogen and oxygen atoms in total. The second kappa shape index (κ2) is 26.4. The lowest BCUT2D eigenvalue weighted by Gasteiger charge is -2.16. The number of hydrogen-bond acceptors (Lipinski definition) is 16. The monoisotopic (exact) mass is 986 g/mol. The maximum Gasteiger partial charge on any atom is 0.338 e. The van der Waals surface area contributed by atoms with Crippen molar-refractivity contribution >= 4 is 56.2 Å². The normalized spacial score (nSPS) is 12.6. The van der Waals surface area contributed by atoms with Gasteiger partial charge in [0.05, 0.1) is 48.7 Å². The number of ether oxygens (including phenoxy) is 8. The molecule has 0 spiro atoms. The lowest BCUT2D eigenvalue weighted by atomic mass is 10.1.